The number of esters is 1. The Labute approximate surface area is 107 Å². The molecule has 1 atom stereocenters. The van der Waals surface area contributed by atoms with E-state index in [0.29, 0.717) is 18.9 Å². The molecule has 0 aliphatic heterocycles. The number of nitrogens with zero attached hydrogens (tertiary/aromatic N) is 1. The van der Waals surface area contributed by atoms with E-state index < -0.39 is 0 Å². The molecule has 102 valence electrons. The van der Waals surface area contributed by atoms with E-state index in [2.05, 4.69) is 10.5 Å². The lowest BCUT2D eigenvalue weighted by Gasteiger charge is -2.18. The van der Waals surface area contributed by atoms with Crippen molar-refractivity contribution in [3.63, 3.8) is 0 Å². The van der Waals surface area contributed by atoms with Crippen molar-refractivity contribution in [2.45, 2.75) is 33.0 Å². The van der Waals surface area contributed by atoms with Crippen LogP contribution in [0.15, 0.2) is 10.6 Å². The van der Waals surface area contributed by atoms with Crippen LogP contribution in [0.25, 0.3) is 0 Å². The third-order valence-corrected chi connectivity index (χ3v) is 2.52. The van der Waals surface area contributed by atoms with Gasteiger partial charge in [0.25, 0.3) is 0 Å². The first-order valence-corrected chi connectivity index (χ1v) is 5.83. The molecule has 0 bridgehead atoms. The van der Waals surface area contributed by atoms with Gasteiger partial charge in [-0.1, -0.05) is 19.0 Å². The van der Waals surface area contributed by atoms with Crippen molar-refractivity contribution in [1.82, 2.24) is 10.5 Å². The molecule has 1 N–H and O–H groups in total. The second-order valence-corrected chi connectivity index (χ2v) is 4.34. The number of methoxy groups -OCH3 is 2. The molecule has 6 heteroatoms. The number of ether oxygens (including phenoxy) is 2. The van der Waals surface area contributed by atoms with Gasteiger partial charge in [-0.2, -0.15) is 0 Å². The third-order valence-electron chi connectivity index (χ3n) is 2.52. The standard InChI is InChI=1S/C12H20N2O4/c1-8(2)11(12(15)17-4)13-6-9-5-10(7-16-3)18-14-9/h5,8,11,13H,6-7H2,1-4H3. The first-order chi connectivity index (χ1) is 8.58. The van der Waals surface area contributed by atoms with Crippen molar-refractivity contribution in [3.8, 4) is 0 Å². The Morgan fingerprint density at radius 1 is 1.50 bits per heavy atom. The Bertz CT molecular complexity index is 376. The Morgan fingerprint density at radius 3 is 2.78 bits per heavy atom. The van der Waals surface area contributed by atoms with E-state index in [1.165, 1.54) is 7.11 Å². The van der Waals surface area contributed by atoms with Crippen molar-refractivity contribution >= 4 is 5.97 Å². The zero-order valence-corrected chi connectivity index (χ0v) is 11.2. The van der Waals surface area contributed by atoms with Crippen LogP contribution in [0.2, 0.25) is 0 Å². The summed E-state index contributed by atoms with van der Waals surface area (Å²) in [6.45, 7) is 4.74. The van der Waals surface area contributed by atoms with Crippen LogP contribution < -0.4 is 5.32 Å². The minimum absolute atomic E-state index is 0.141. The second-order valence-electron chi connectivity index (χ2n) is 4.34. The molecular weight excluding hydrogens is 236 g/mol. The van der Waals surface area contributed by atoms with Gasteiger partial charge in [0.15, 0.2) is 5.76 Å². The van der Waals surface area contributed by atoms with E-state index in [1.54, 1.807) is 13.2 Å². The van der Waals surface area contributed by atoms with Crippen LogP contribution in [-0.2, 0) is 27.4 Å². The summed E-state index contributed by atoms with van der Waals surface area (Å²) in [5.74, 6) is 0.530. The summed E-state index contributed by atoms with van der Waals surface area (Å²) < 4.78 is 14.7. The van der Waals surface area contributed by atoms with Crippen molar-refractivity contribution < 1.29 is 18.8 Å². The Balaban J connectivity index is 2.53. The number of rotatable bonds is 7. The zero-order chi connectivity index (χ0) is 13.5. The molecule has 0 amide bonds. The maximum Gasteiger partial charge on any atom is 0.323 e. The van der Waals surface area contributed by atoms with Gasteiger partial charge in [0.2, 0.25) is 0 Å². The van der Waals surface area contributed by atoms with E-state index in [-0.39, 0.29) is 17.9 Å². The SMILES string of the molecule is COCc1cc(CNC(C(=O)OC)C(C)C)no1. The van der Waals surface area contributed by atoms with Gasteiger partial charge in [-0.25, -0.2) is 0 Å². The minimum atomic E-state index is -0.349. The highest BCUT2D eigenvalue weighted by atomic mass is 16.5. The van der Waals surface area contributed by atoms with Gasteiger partial charge in [-0.15, -0.1) is 0 Å². The first-order valence-electron chi connectivity index (χ1n) is 5.83. The molecule has 1 unspecified atom stereocenters. The molecule has 1 aromatic heterocycles. The highest BCUT2D eigenvalue weighted by Gasteiger charge is 2.22. The van der Waals surface area contributed by atoms with E-state index in [0.717, 1.165) is 5.69 Å². The predicted octanol–water partition coefficient (Wildman–Crippen LogP) is 1.11. The van der Waals surface area contributed by atoms with Crippen LogP contribution in [0.3, 0.4) is 0 Å². The average molecular weight is 256 g/mol. The molecule has 0 saturated heterocycles. The number of hydrogen-bond acceptors (Lipinski definition) is 6. The normalized spacial score (nSPS) is 12.7. The summed E-state index contributed by atoms with van der Waals surface area (Å²) in [5, 5.41) is 6.99. The van der Waals surface area contributed by atoms with Gasteiger partial charge in [0.1, 0.15) is 12.6 Å². The molecule has 1 heterocycles. The summed E-state index contributed by atoms with van der Waals surface area (Å²) in [7, 11) is 2.97. The van der Waals surface area contributed by atoms with Gasteiger partial charge in [-0.05, 0) is 5.92 Å². The minimum Gasteiger partial charge on any atom is -0.468 e. The summed E-state index contributed by atoms with van der Waals surface area (Å²) >= 11 is 0. The van der Waals surface area contributed by atoms with Crippen molar-refractivity contribution in [2.24, 2.45) is 5.92 Å². The Hall–Kier alpha value is -1.40. The molecule has 18 heavy (non-hydrogen) atoms. The molecule has 0 aliphatic carbocycles. The lowest BCUT2D eigenvalue weighted by atomic mass is 10.0. The lowest BCUT2D eigenvalue weighted by Crippen LogP contribution is -2.41. The molecule has 1 rings (SSSR count). The Morgan fingerprint density at radius 2 is 2.22 bits per heavy atom. The molecule has 0 fully saturated rings. The maximum atomic E-state index is 11.5. The second kappa shape index (κ2) is 7.13. The van der Waals surface area contributed by atoms with Crippen molar-refractivity contribution in [3.05, 3.63) is 17.5 Å². The summed E-state index contributed by atoms with van der Waals surface area (Å²) in [6.07, 6.45) is 0. The maximum absolute atomic E-state index is 11.5. The number of carbonyl (C=O) groups is 1. The van der Waals surface area contributed by atoms with Crippen molar-refractivity contribution in [1.29, 1.82) is 0 Å². The van der Waals surface area contributed by atoms with Gasteiger partial charge in [0, 0.05) is 19.7 Å². The number of hydrogen-bond donors (Lipinski definition) is 1. The summed E-state index contributed by atoms with van der Waals surface area (Å²) in [4.78, 5) is 11.5. The fourth-order valence-electron chi connectivity index (χ4n) is 1.58. The fourth-order valence-corrected chi connectivity index (χ4v) is 1.58. The van der Waals surface area contributed by atoms with Gasteiger partial charge in [-0.3, -0.25) is 10.1 Å². The van der Waals surface area contributed by atoms with Crippen LogP contribution >= 0.6 is 0 Å². The van der Waals surface area contributed by atoms with Crippen molar-refractivity contribution in [2.75, 3.05) is 14.2 Å². The average Bonchev–Trinajstić information content (AvgIpc) is 2.77. The monoisotopic (exact) mass is 256 g/mol. The molecule has 0 aromatic carbocycles. The fraction of sp³-hybridized carbons (Fsp3) is 0.667. The van der Waals surface area contributed by atoms with Crippen LogP contribution in [0.1, 0.15) is 25.3 Å². The molecule has 6 nitrogen and oxygen atoms in total. The summed E-state index contributed by atoms with van der Waals surface area (Å²) in [6, 6.07) is 1.45. The molecule has 0 saturated carbocycles. The number of aromatic nitrogens is 1. The van der Waals surface area contributed by atoms with Gasteiger partial charge >= 0.3 is 5.97 Å². The molecular formula is C12H20N2O4. The lowest BCUT2D eigenvalue weighted by molar-refractivity contribution is -0.144. The van der Waals surface area contributed by atoms with Crippen LogP contribution in [0.4, 0.5) is 0 Å². The van der Waals surface area contributed by atoms with Gasteiger partial charge < -0.3 is 14.0 Å². The van der Waals surface area contributed by atoms with Gasteiger partial charge in [0.05, 0.1) is 12.8 Å². The largest absolute Gasteiger partial charge is 0.468 e. The first kappa shape index (κ1) is 14.7. The van der Waals surface area contributed by atoms with Crippen LogP contribution in [-0.4, -0.2) is 31.4 Å². The van der Waals surface area contributed by atoms with E-state index in [1.807, 2.05) is 13.8 Å². The smallest absolute Gasteiger partial charge is 0.323 e. The predicted molar refractivity (Wildman–Crippen MR) is 64.7 cm³/mol. The van der Waals surface area contributed by atoms with E-state index >= 15 is 0 Å². The molecule has 1 aromatic rings. The molecule has 0 spiro atoms. The zero-order valence-electron chi connectivity index (χ0n) is 11.2. The summed E-state index contributed by atoms with van der Waals surface area (Å²) in [5.41, 5.74) is 0.733. The highest BCUT2D eigenvalue weighted by molar-refractivity contribution is 5.75. The number of carbonyl (C=O) groups excluding carboxylic acids is 1. The number of nitrogens with one attached hydrogen (secondary N) is 1. The third kappa shape index (κ3) is 4.12. The topological polar surface area (TPSA) is 73.6 Å². The van der Waals surface area contributed by atoms with E-state index in [4.69, 9.17) is 14.0 Å². The van der Waals surface area contributed by atoms with Crippen LogP contribution in [0, 0.1) is 5.92 Å². The molecule has 0 radical (unpaired) electrons. The van der Waals surface area contributed by atoms with E-state index in [9.17, 15) is 4.79 Å². The van der Waals surface area contributed by atoms with Crippen LogP contribution in [0.5, 0.6) is 0 Å². The Kier molecular flexibility index (Phi) is 5.80. The quantitative estimate of drug-likeness (QED) is 0.737. The molecule has 0 aliphatic rings. The highest BCUT2D eigenvalue weighted by Crippen LogP contribution is 2.08.